The van der Waals surface area contributed by atoms with Gasteiger partial charge in [0.05, 0.1) is 0 Å². The zero-order valence-corrected chi connectivity index (χ0v) is 8.50. The highest BCUT2D eigenvalue weighted by Crippen LogP contribution is 2.29. The minimum Gasteiger partial charge on any atom is -0.312 e. The summed E-state index contributed by atoms with van der Waals surface area (Å²) in [5, 5.41) is 3.40. The van der Waals surface area contributed by atoms with Gasteiger partial charge in [0.25, 0.3) is 0 Å². The number of hydrogen-bond donors (Lipinski definition) is 1. The zero-order chi connectivity index (χ0) is 8.55. The van der Waals surface area contributed by atoms with Gasteiger partial charge in [-0.2, -0.15) is 0 Å². The predicted molar refractivity (Wildman–Crippen MR) is 53.8 cm³/mol. The second-order valence-corrected chi connectivity index (χ2v) is 4.85. The van der Waals surface area contributed by atoms with Crippen LogP contribution >= 0.6 is 11.3 Å². The maximum atomic E-state index is 3.40. The van der Waals surface area contributed by atoms with Crippen molar-refractivity contribution in [1.82, 2.24) is 5.32 Å². The van der Waals surface area contributed by atoms with Gasteiger partial charge >= 0.3 is 0 Å². The average molecular weight is 181 g/mol. The smallest absolute Gasteiger partial charge is 0.0216 e. The first kappa shape index (κ1) is 8.27. The minimum absolute atomic E-state index is 0.695. The maximum absolute atomic E-state index is 3.40. The Labute approximate surface area is 77.8 Å². The van der Waals surface area contributed by atoms with Crippen LogP contribution in [-0.4, -0.2) is 6.54 Å². The molecule has 2 heterocycles. The molecule has 0 unspecified atom stereocenters. The normalized spacial score (nSPS) is 16.6. The molecule has 1 aromatic heterocycles. The van der Waals surface area contributed by atoms with Gasteiger partial charge in [-0.05, 0) is 24.0 Å². The Morgan fingerprint density at radius 1 is 1.50 bits per heavy atom. The zero-order valence-electron chi connectivity index (χ0n) is 7.68. The van der Waals surface area contributed by atoms with Crippen molar-refractivity contribution in [2.24, 2.45) is 0 Å². The maximum Gasteiger partial charge on any atom is 0.0216 e. The molecule has 0 bridgehead atoms. The van der Waals surface area contributed by atoms with Crippen molar-refractivity contribution in [2.45, 2.75) is 32.7 Å². The van der Waals surface area contributed by atoms with E-state index >= 15 is 0 Å². The fourth-order valence-corrected chi connectivity index (χ4v) is 2.75. The van der Waals surface area contributed by atoms with E-state index in [1.807, 2.05) is 11.3 Å². The first-order chi connectivity index (χ1) is 5.77. The largest absolute Gasteiger partial charge is 0.312 e. The summed E-state index contributed by atoms with van der Waals surface area (Å²) in [6, 6.07) is 2.37. The lowest BCUT2D eigenvalue weighted by Crippen LogP contribution is -2.21. The summed E-state index contributed by atoms with van der Waals surface area (Å²) in [6.45, 7) is 6.78. The molecule has 1 aliphatic rings. The van der Waals surface area contributed by atoms with Crippen LogP contribution < -0.4 is 5.32 Å². The summed E-state index contributed by atoms with van der Waals surface area (Å²) < 4.78 is 0. The molecular weight excluding hydrogens is 166 g/mol. The molecule has 0 aliphatic carbocycles. The van der Waals surface area contributed by atoms with Crippen LogP contribution in [0.25, 0.3) is 0 Å². The molecule has 1 aromatic rings. The van der Waals surface area contributed by atoms with Crippen LogP contribution in [0, 0.1) is 0 Å². The van der Waals surface area contributed by atoms with Crippen LogP contribution in [0.4, 0.5) is 0 Å². The second-order valence-electron chi connectivity index (χ2n) is 3.68. The lowest BCUT2D eigenvalue weighted by molar-refractivity contribution is 0.652. The Hall–Kier alpha value is -0.340. The molecule has 0 amide bonds. The lowest BCUT2D eigenvalue weighted by Gasteiger charge is -2.10. The van der Waals surface area contributed by atoms with Crippen molar-refractivity contribution in [3.8, 4) is 0 Å². The molecule has 1 nitrogen and oxygen atoms in total. The number of fused-ring (bicyclic) bond motifs is 1. The van der Waals surface area contributed by atoms with Crippen molar-refractivity contribution in [3.63, 3.8) is 0 Å². The Kier molecular flexibility index (Phi) is 2.20. The highest BCUT2D eigenvalue weighted by molar-refractivity contribution is 7.12. The van der Waals surface area contributed by atoms with Gasteiger partial charge in [-0.1, -0.05) is 13.8 Å². The Balaban J connectivity index is 2.32. The fraction of sp³-hybridized carbons (Fsp3) is 0.600. The molecule has 0 saturated carbocycles. The van der Waals surface area contributed by atoms with Crippen molar-refractivity contribution < 1.29 is 0 Å². The molecule has 0 saturated heterocycles. The third kappa shape index (κ3) is 1.41. The third-order valence-electron chi connectivity index (χ3n) is 2.33. The first-order valence-electron chi connectivity index (χ1n) is 4.59. The van der Waals surface area contributed by atoms with Gasteiger partial charge in [0.15, 0.2) is 0 Å². The van der Waals surface area contributed by atoms with E-state index in [1.165, 1.54) is 12.0 Å². The van der Waals surface area contributed by atoms with Gasteiger partial charge in [0.2, 0.25) is 0 Å². The summed E-state index contributed by atoms with van der Waals surface area (Å²) >= 11 is 2.00. The van der Waals surface area contributed by atoms with Gasteiger partial charge in [0, 0.05) is 22.8 Å². The standard InChI is InChI=1S/C10H15NS/c1-7(2)10-5-8-6-11-4-3-9(8)12-10/h5,7,11H,3-4,6H2,1-2H3. The number of nitrogens with one attached hydrogen (secondary N) is 1. The molecule has 0 fully saturated rings. The van der Waals surface area contributed by atoms with E-state index in [-0.39, 0.29) is 0 Å². The molecule has 66 valence electrons. The van der Waals surface area contributed by atoms with E-state index in [0.717, 1.165) is 13.1 Å². The molecular formula is C10H15NS. The first-order valence-corrected chi connectivity index (χ1v) is 5.41. The molecule has 1 aliphatic heterocycles. The summed E-state index contributed by atoms with van der Waals surface area (Å²) in [4.78, 5) is 3.15. The molecule has 1 N–H and O–H groups in total. The minimum atomic E-state index is 0.695. The van der Waals surface area contributed by atoms with E-state index in [9.17, 15) is 0 Å². The van der Waals surface area contributed by atoms with Gasteiger partial charge in [-0.3, -0.25) is 0 Å². The Bertz CT molecular complexity index is 252. The molecule has 0 radical (unpaired) electrons. The SMILES string of the molecule is CC(C)c1cc2c(s1)CCNC2. The number of hydrogen-bond acceptors (Lipinski definition) is 2. The molecule has 0 atom stereocenters. The number of thiophene rings is 1. The highest BCUT2D eigenvalue weighted by Gasteiger charge is 2.13. The van der Waals surface area contributed by atoms with E-state index in [0.29, 0.717) is 5.92 Å². The van der Waals surface area contributed by atoms with Crippen LogP contribution in [0.5, 0.6) is 0 Å². The summed E-state index contributed by atoms with van der Waals surface area (Å²) in [5.74, 6) is 0.695. The molecule has 12 heavy (non-hydrogen) atoms. The quantitative estimate of drug-likeness (QED) is 0.702. The summed E-state index contributed by atoms with van der Waals surface area (Å²) in [7, 11) is 0. The topological polar surface area (TPSA) is 12.0 Å². The van der Waals surface area contributed by atoms with Crippen molar-refractivity contribution in [1.29, 1.82) is 0 Å². The van der Waals surface area contributed by atoms with Crippen LogP contribution in [0.3, 0.4) is 0 Å². The third-order valence-corrected chi connectivity index (χ3v) is 3.87. The molecule has 2 heteroatoms. The van der Waals surface area contributed by atoms with Crippen LogP contribution in [0.15, 0.2) is 6.07 Å². The van der Waals surface area contributed by atoms with Gasteiger partial charge < -0.3 is 5.32 Å². The van der Waals surface area contributed by atoms with Gasteiger partial charge in [0.1, 0.15) is 0 Å². The second kappa shape index (κ2) is 3.19. The van der Waals surface area contributed by atoms with Crippen molar-refractivity contribution in [3.05, 3.63) is 21.4 Å². The van der Waals surface area contributed by atoms with E-state index in [1.54, 1.807) is 9.75 Å². The number of rotatable bonds is 1. The van der Waals surface area contributed by atoms with E-state index < -0.39 is 0 Å². The van der Waals surface area contributed by atoms with Gasteiger partial charge in [-0.15, -0.1) is 11.3 Å². The predicted octanol–water partition coefficient (Wildman–Crippen LogP) is 2.52. The fourth-order valence-electron chi connectivity index (χ4n) is 1.56. The average Bonchev–Trinajstić information content (AvgIpc) is 2.46. The van der Waals surface area contributed by atoms with Crippen molar-refractivity contribution in [2.75, 3.05) is 6.54 Å². The summed E-state index contributed by atoms with van der Waals surface area (Å²) in [6.07, 6.45) is 1.23. The van der Waals surface area contributed by atoms with E-state index in [4.69, 9.17) is 0 Å². The Morgan fingerprint density at radius 2 is 2.33 bits per heavy atom. The van der Waals surface area contributed by atoms with Crippen LogP contribution in [-0.2, 0) is 13.0 Å². The monoisotopic (exact) mass is 181 g/mol. The highest BCUT2D eigenvalue weighted by atomic mass is 32.1. The molecule has 2 rings (SSSR count). The van der Waals surface area contributed by atoms with Crippen LogP contribution in [0.1, 0.15) is 35.1 Å². The lowest BCUT2D eigenvalue weighted by atomic mass is 10.1. The summed E-state index contributed by atoms with van der Waals surface area (Å²) in [5.41, 5.74) is 1.54. The molecule has 0 aromatic carbocycles. The van der Waals surface area contributed by atoms with Crippen molar-refractivity contribution >= 4 is 11.3 Å². The Morgan fingerprint density at radius 3 is 3.00 bits per heavy atom. The van der Waals surface area contributed by atoms with Crippen LogP contribution in [0.2, 0.25) is 0 Å². The molecule has 0 spiro atoms. The van der Waals surface area contributed by atoms with Gasteiger partial charge in [-0.25, -0.2) is 0 Å². The van der Waals surface area contributed by atoms with E-state index in [2.05, 4.69) is 25.2 Å².